The molecule has 2 aromatic carbocycles. The van der Waals surface area contributed by atoms with E-state index in [4.69, 9.17) is 5.11 Å². The van der Waals surface area contributed by atoms with Crippen molar-refractivity contribution in [1.29, 1.82) is 0 Å². The highest BCUT2D eigenvalue weighted by molar-refractivity contribution is 5.95. The highest BCUT2D eigenvalue weighted by Crippen LogP contribution is 2.30. The zero-order valence-electron chi connectivity index (χ0n) is 15.9. The number of carboxylic acids is 1. The first-order chi connectivity index (χ1) is 13.5. The van der Waals surface area contributed by atoms with Gasteiger partial charge < -0.3 is 15.4 Å². The molecule has 1 atom stereocenters. The van der Waals surface area contributed by atoms with Gasteiger partial charge in [0.25, 0.3) is 5.91 Å². The van der Waals surface area contributed by atoms with E-state index in [0.717, 1.165) is 17.7 Å². The van der Waals surface area contributed by atoms with Crippen LogP contribution in [0.5, 0.6) is 0 Å². The van der Waals surface area contributed by atoms with Crippen LogP contribution < -0.4 is 5.32 Å². The summed E-state index contributed by atoms with van der Waals surface area (Å²) in [6.45, 7) is 3.84. The minimum absolute atomic E-state index is 0.120. The van der Waals surface area contributed by atoms with Crippen LogP contribution in [0.15, 0.2) is 55.0 Å². The lowest BCUT2D eigenvalue weighted by atomic mass is 9.85. The number of carbonyl (C=O) groups is 2. The first-order valence-electron chi connectivity index (χ1n) is 9.09. The fourth-order valence-electron chi connectivity index (χ4n) is 3.28. The number of nitrogens with one attached hydrogen (secondary N) is 2. The fourth-order valence-corrected chi connectivity index (χ4v) is 3.28. The summed E-state index contributed by atoms with van der Waals surface area (Å²) >= 11 is 0. The molecule has 0 aliphatic carbocycles. The maximum absolute atomic E-state index is 12.0. The molecule has 1 heterocycles. The van der Waals surface area contributed by atoms with Gasteiger partial charge in [0.15, 0.2) is 0 Å². The van der Waals surface area contributed by atoms with Crippen molar-refractivity contribution >= 4 is 11.9 Å². The van der Waals surface area contributed by atoms with Crippen molar-refractivity contribution in [1.82, 2.24) is 15.3 Å². The van der Waals surface area contributed by atoms with Gasteiger partial charge in [-0.05, 0) is 54.7 Å². The SMILES string of the molecule is Cc1cccc(C(Cc2ccc(C(=O)NCC(=O)O)cc2)c2cnc[nH]2)c1C. The van der Waals surface area contributed by atoms with E-state index in [-0.39, 0.29) is 5.92 Å². The number of carboxylic acid groups (broad SMARTS) is 1. The Balaban J connectivity index is 1.83. The Hall–Kier alpha value is -3.41. The van der Waals surface area contributed by atoms with E-state index < -0.39 is 18.4 Å². The summed E-state index contributed by atoms with van der Waals surface area (Å²) in [4.78, 5) is 30.0. The molecule has 0 radical (unpaired) electrons. The van der Waals surface area contributed by atoms with E-state index in [2.05, 4.69) is 47.3 Å². The smallest absolute Gasteiger partial charge is 0.322 e. The summed E-state index contributed by atoms with van der Waals surface area (Å²) in [5.74, 6) is -1.34. The summed E-state index contributed by atoms with van der Waals surface area (Å²) in [7, 11) is 0. The summed E-state index contributed by atoms with van der Waals surface area (Å²) < 4.78 is 0. The molecule has 1 aromatic heterocycles. The Kier molecular flexibility index (Phi) is 5.89. The highest BCUT2D eigenvalue weighted by atomic mass is 16.4. The third-order valence-corrected chi connectivity index (χ3v) is 4.97. The summed E-state index contributed by atoms with van der Waals surface area (Å²) in [6, 6.07) is 13.6. The number of aromatic amines is 1. The lowest BCUT2D eigenvalue weighted by Gasteiger charge is -2.20. The molecule has 6 nitrogen and oxygen atoms in total. The third kappa shape index (κ3) is 4.46. The van der Waals surface area contributed by atoms with E-state index in [1.54, 1.807) is 18.5 Å². The number of amides is 1. The first-order valence-corrected chi connectivity index (χ1v) is 9.09. The number of H-pyrrole nitrogens is 1. The number of aryl methyl sites for hydroxylation is 1. The lowest BCUT2D eigenvalue weighted by molar-refractivity contribution is -0.135. The molecule has 1 unspecified atom stereocenters. The Morgan fingerprint density at radius 2 is 1.89 bits per heavy atom. The van der Waals surface area contributed by atoms with E-state index >= 15 is 0 Å². The number of hydrogen-bond acceptors (Lipinski definition) is 3. The van der Waals surface area contributed by atoms with Crippen LogP contribution in [0.1, 0.15) is 44.2 Å². The molecule has 6 heteroatoms. The summed E-state index contributed by atoms with van der Waals surface area (Å²) in [5.41, 5.74) is 6.30. The zero-order valence-corrected chi connectivity index (χ0v) is 15.9. The van der Waals surface area contributed by atoms with Gasteiger partial charge in [-0.2, -0.15) is 0 Å². The van der Waals surface area contributed by atoms with Gasteiger partial charge in [-0.1, -0.05) is 30.3 Å². The second kappa shape index (κ2) is 8.52. The lowest BCUT2D eigenvalue weighted by Crippen LogP contribution is -2.29. The molecule has 3 rings (SSSR count). The molecule has 0 spiro atoms. The van der Waals surface area contributed by atoms with Crippen molar-refractivity contribution in [2.24, 2.45) is 0 Å². The van der Waals surface area contributed by atoms with Gasteiger partial charge in [0.05, 0.1) is 6.33 Å². The number of carbonyl (C=O) groups excluding carboxylic acids is 1. The molecule has 1 amide bonds. The van der Waals surface area contributed by atoms with E-state index in [1.165, 1.54) is 16.7 Å². The molecular formula is C22H23N3O3. The zero-order chi connectivity index (χ0) is 20.1. The monoisotopic (exact) mass is 377 g/mol. The minimum atomic E-state index is -1.07. The van der Waals surface area contributed by atoms with Crippen molar-refractivity contribution in [2.75, 3.05) is 6.54 Å². The number of aromatic nitrogens is 2. The average Bonchev–Trinajstić information content (AvgIpc) is 3.21. The third-order valence-electron chi connectivity index (χ3n) is 4.97. The van der Waals surface area contributed by atoms with Crippen molar-refractivity contribution < 1.29 is 14.7 Å². The Morgan fingerprint density at radius 1 is 1.14 bits per heavy atom. The van der Waals surface area contributed by atoms with Crippen LogP contribution in [0.4, 0.5) is 0 Å². The molecule has 0 aliphatic rings. The molecule has 0 bridgehead atoms. The maximum atomic E-state index is 12.0. The van der Waals surface area contributed by atoms with E-state index in [0.29, 0.717) is 5.56 Å². The van der Waals surface area contributed by atoms with Crippen molar-refractivity contribution in [3.8, 4) is 0 Å². The number of hydrogen-bond donors (Lipinski definition) is 3. The van der Waals surface area contributed by atoms with Gasteiger partial charge in [0.1, 0.15) is 6.54 Å². The number of aliphatic carboxylic acids is 1. The maximum Gasteiger partial charge on any atom is 0.322 e. The minimum Gasteiger partial charge on any atom is -0.480 e. The largest absolute Gasteiger partial charge is 0.480 e. The van der Waals surface area contributed by atoms with Crippen molar-refractivity contribution in [3.05, 3.63) is 88.5 Å². The Morgan fingerprint density at radius 3 is 2.54 bits per heavy atom. The summed E-state index contributed by atoms with van der Waals surface area (Å²) in [5, 5.41) is 11.0. The topological polar surface area (TPSA) is 95.1 Å². The average molecular weight is 377 g/mol. The standard InChI is InChI=1S/C22H23N3O3/c1-14-4-3-5-18(15(14)2)19(20-11-23-13-25-20)10-16-6-8-17(9-7-16)22(28)24-12-21(26)27/h3-9,11,13,19H,10,12H2,1-2H3,(H,23,25)(H,24,28)(H,26,27). The van der Waals surface area contributed by atoms with Crippen molar-refractivity contribution in [2.45, 2.75) is 26.2 Å². The molecule has 0 saturated heterocycles. The van der Waals surface area contributed by atoms with Crippen LogP contribution in [-0.2, 0) is 11.2 Å². The quantitative estimate of drug-likeness (QED) is 0.589. The molecule has 144 valence electrons. The van der Waals surface area contributed by atoms with Crippen molar-refractivity contribution in [3.63, 3.8) is 0 Å². The van der Waals surface area contributed by atoms with Gasteiger partial charge in [-0.25, -0.2) is 4.98 Å². The predicted molar refractivity (Wildman–Crippen MR) is 106 cm³/mol. The molecule has 0 fully saturated rings. The van der Waals surface area contributed by atoms with Crippen LogP contribution in [0, 0.1) is 13.8 Å². The highest BCUT2D eigenvalue weighted by Gasteiger charge is 2.19. The van der Waals surface area contributed by atoms with Gasteiger partial charge in [0, 0.05) is 23.4 Å². The van der Waals surface area contributed by atoms with Gasteiger partial charge in [-0.3, -0.25) is 9.59 Å². The second-order valence-corrected chi connectivity index (χ2v) is 6.83. The van der Waals surface area contributed by atoms with Crippen LogP contribution in [-0.4, -0.2) is 33.5 Å². The number of rotatable bonds is 7. The Labute approximate surface area is 163 Å². The molecule has 0 aliphatic heterocycles. The molecular weight excluding hydrogens is 354 g/mol. The number of imidazole rings is 1. The number of nitrogens with zero attached hydrogens (tertiary/aromatic N) is 1. The summed E-state index contributed by atoms with van der Waals surface area (Å²) in [6.07, 6.45) is 4.28. The van der Waals surface area contributed by atoms with Gasteiger partial charge in [0.2, 0.25) is 0 Å². The van der Waals surface area contributed by atoms with Crippen LogP contribution in [0.25, 0.3) is 0 Å². The predicted octanol–water partition coefficient (Wildman–Crippen LogP) is 3.22. The van der Waals surface area contributed by atoms with Gasteiger partial charge >= 0.3 is 5.97 Å². The molecule has 3 N–H and O–H groups in total. The number of benzene rings is 2. The fraction of sp³-hybridized carbons (Fsp3) is 0.227. The first kappa shape index (κ1) is 19.4. The van der Waals surface area contributed by atoms with Crippen LogP contribution in [0.2, 0.25) is 0 Å². The van der Waals surface area contributed by atoms with E-state index in [9.17, 15) is 9.59 Å². The van der Waals surface area contributed by atoms with E-state index in [1.807, 2.05) is 18.3 Å². The normalized spacial score (nSPS) is 11.8. The van der Waals surface area contributed by atoms with Crippen LogP contribution in [0.3, 0.4) is 0 Å². The second-order valence-electron chi connectivity index (χ2n) is 6.83. The Bertz CT molecular complexity index is 963. The van der Waals surface area contributed by atoms with Crippen LogP contribution >= 0.6 is 0 Å². The van der Waals surface area contributed by atoms with Gasteiger partial charge in [-0.15, -0.1) is 0 Å². The molecule has 3 aromatic rings. The molecule has 28 heavy (non-hydrogen) atoms. The molecule has 0 saturated carbocycles.